The van der Waals surface area contributed by atoms with Gasteiger partial charge in [0.05, 0.1) is 12.8 Å². The molecule has 0 spiro atoms. The fraction of sp³-hybridized carbons (Fsp3) is 0.111. The summed E-state index contributed by atoms with van der Waals surface area (Å²) in [6.07, 6.45) is 0. The Bertz CT molecular complexity index is 950. The summed E-state index contributed by atoms with van der Waals surface area (Å²) in [4.78, 5) is 24.6. The molecule has 25 heavy (non-hydrogen) atoms. The highest BCUT2D eigenvalue weighted by atomic mass is 79.9. The normalized spacial score (nSPS) is 10.7. The van der Waals surface area contributed by atoms with E-state index in [0.29, 0.717) is 28.0 Å². The van der Waals surface area contributed by atoms with E-state index in [1.165, 1.54) is 0 Å². The Hall–Kier alpha value is -2.31. The monoisotopic (exact) mass is 421 g/mol. The Morgan fingerprint density at radius 3 is 2.56 bits per heavy atom. The summed E-state index contributed by atoms with van der Waals surface area (Å²) in [6, 6.07) is 11.9. The van der Waals surface area contributed by atoms with Crippen LogP contribution in [0.4, 0.5) is 5.69 Å². The first kappa shape index (κ1) is 17.5. The molecule has 0 aliphatic rings. The number of hydrogen-bond acceptors (Lipinski definition) is 4. The van der Waals surface area contributed by atoms with Crippen molar-refractivity contribution in [2.24, 2.45) is 0 Å². The number of anilines is 1. The summed E-state index contributed by atoms with van der Waals surface area (Å²) in [5.41, 5.74) is 1.22. The van der Waals surface area contributed by atoms with Crippen LogP contribution in [0.1, 0.15) is 16.1 Å². The standard InChI is InChI=1S/C18H13BrClNO4/c1-24-12-5-2-10(3-6-12)17(23)18-16(21-15(22)9-20)13-8-11(19)4-7-14(13)25-18/h2-8H,9H2,1H3,(H,21,22). The van der Waals surface area contributed by atoms with Crippen molar-refractivity contribution in [2.45, 2.75) is 0 Å². The van der Waals surface area contributed by atoms with Gasteiger partial charge in [-0.15, -0.1) is 11.6 Å². The van der Waals surface area contributed by atoms with Gasteiger partial charge in [0.2, 0.25) is 11.7 Å². The first-order valence-electron chi connectivity index (χ1n) is 7.30. The average Bonchev–Trinajstić information content (AvgIpc) is 2.98. The van der Waals surface area contributed by atoms with Crippen LogP contribution < -0.4 is 10.1 Å². The highest BCUT2D eigenvalue weighted by molar-refractivity contribution is 9.10. The maximum absolute atomic E-state index is 12.9. The number of ether oxygens (including phenoxy) is 1. The van der Waals surface area contributed by atoms with E-state index in [-0.39, 0.29) is 17.4 Å². The molecular weight excluding hydrogens is 410 g/mol. The zero-order valence-corrected chi connectivity index (χ0v) is 15.5. The molecule has 0 saturated carbocycles. The third-order valence-corrected chi connectivity index (χ3v) is 4.33. The molecule has 3 aromatic rings. The minimum atomic E-state index is -0.423. The number of methoxy groups -OCH3 is 1. The van der Waals surface area contributed by atoms with Gasteiger partial charge in [0.25, 0.3) is 0 Å². The van der Waals surface area contributed by atoms with Crippen molar-refractivity contribution in [3.8, 4) is 5.75 Å². The van der Waals surface area contributed by atoms with Gasteiger partial charge in [0.1, 0.15) is 17.2 Å². The topological polar surface area (TPSA) is 68.5 Å². The van der Waals surface area contributed by atoms with Crippen molar-refractivity contribution in [1.82, 2.24) is 0 Å². The number of rotatable bonds is 5. The van der Waals surface area contributed by atoms with E-state index in [4.69, 9.17) is 20.8 Å². The Labute approximate surface area is 157 Å². The first-order valence-corrected chi connectivity index (χ1v) is 8.63. The lowest BCUT2D eigenvalue weighted by Crippen LogP contribution is -2.15. The van der Waals surface area contributed by atoms with Crippen LogP contribution in [0.5, 0.6) is 5.75 Å². The molecule has 5 nitrogen and oxygen atoms in total. The maximum Gasteiger partial charge on any atom is 0.239 e. The van der Waals surface area contributed by atoms with Crippen molar-refractivity contribution in [3.05, 3.63) is 58.3 Å². The van der Waals surface area contributed by atoms with Crippen LogP contribution in [-0.2, 0) is 4.79 Å². The third kappa shape index (κ3) is 3.55. The quantitative estimate of drug-likeness (QED) is 0.481. The van der Waals surface area contributed by atoms with E-state index in [1.807, 2.05) is 0 Å². The zero-order chi connectivity index (χ0) is 18.0. The molecule has 0 bridgehead atoms. The van der Waals surface area contributed by atoms with Crippen LogP contribution in [0.2, 0.25) is 0 Å². The first-order chi connectivity index (χ1) is 12.0. The minimum Gasteiger partial charge on any atom is -0.497 e. The fourth-order valence-corrected chi connectivity index (χ4v) is 2.83. The van der Waals surface area contributed by atoms with Crippen LogP contribution >= 0.6 is 27.5 Å². The number of amides is 1. The molecular formula is C18H13BrClNO4. The number of benzene rings is 2. The molecule has 1 aromatic heterocycles. The molecule has 7 heteroatoms. The van der Waals surface area contributed by atoms with Crippen molar-refractivity contribution < 1.29 is 18.7 Å². The van der Waals surface area contributed by atoms with Gasteiger partial charge in [-0.25, -0.2) is 0 Å². The van der Waals surface area contributed by atoms with Gasteiger partial charge in [0.15, 0.2) is 5.76 Å². The fourth-order valence-electron chi connectivity index (χ4n) is 2.40. The predicted octanol–water partition coefficient (Wildman–Crippen LogP) is 4.61. The highest BCUT2D eigenvalue weighted by Crippen LogP contribution is 2.34. The Morgan fingerprint density at radius 1 is 1.20 bits per heavy atom. The predicted molar refractivity (Wildman–Crippen MR) is 99.7 cm³/mol. The van der Waals surface area contributed by atoms with Gasteiger partial charge in [-0.2, -0.15) is 0 Å². The second-order valence-corrected chi connectivity index (χ2v) is 6.37. The van der Waals surface area contributed by atoms with Gasteiger partial charge in [-0.05, 0) is 42.5 Å². The molecule has 0 unspecified atom stereocenters. The van der Waals surface area contributed by atoms with Crippen molar-refractivity contribution >= 4 is 55.9 Å². The van der Waals surface area contributed by atoms with Crippen molar-refractivity contribution in [2.75, 3.05) is 18.3 Å². The largest absolute Gasteiger partial charge is 0.497 e. The summed E-state index contributed by atoms with van der Waals surface area (Å²) in [6.45, 7) is 0. The van der Waals surface area contributed by atoms with E-state index in [9.17, 15) is 9.59 Å². The number of furan rings is 1. The summed E-state index contributed by atoms with van der Waals surface area (Å²) < 4.78 is 11.6. The van der Waals surface area contributed by atoms with E-state index >= 15 is 0 Å². The molecule has 1 N–H and O–H groups in total. The molecule has 2 aromatic carbocycles. The smallest absolute Gasteiger partial charge is 0.239 e. The third-order valence-electron chi connectivity index (χ3n) is 3.59. The van der Waals surface area contributed by atoms with Crippen LogP contribution in [0.25, 0.3) is 11.0 Å². The number of nitrogens with one attached hydrogen (secondary N) is 1. The molecule has 3 rings (SSSR count). The van der Waals surface area contributed by atoms with E-state index in [0.717, 1.165) is 4.47 Å². The number of ketones is 1. The minimum absolute atomic E-state index is 0.0525. The molecule has 0 fully saturated rings. The number of halogens is 2. The van der Waals surface area contributed by atoms with Crippen molar-refractivity contribution in [3.63, 3.8) is 0 Å². The summed E-state index contributed by atoms with van der Waals surface area (Å²) >= 11 is 8.96. The average molecular weight is 423 g/mol. The van der Waals surface area contributed by atoms with E-state index < -0.39 is 5.91 Å². The second kappa shape index (κ2) is 7.29. The van der Waals surface area contributed by atoms with Crippen LogP contribution in [0.3, 0.4) is 0 Å². The summed E-state index contributed by atoms with van der Waals surface area (Å²) in [7, 11) is 1.55. The SMILES string of the molecule is COc1ccc(C(=O)c2oc3ccc(Br)cc3c2NC(=O)CCl)cc1. The van der Waals surface area contributed by atoms with E-state index in [2.05, 4.69) is 21.2 Å². The molecule has 0 aliphatic heterocycles. The number of carbonyl (C=O) groups excluding carboxylic acids is 2. The Balaban J connectivity index is 2.11. The molecule has 0 radical (unpaired) electrons. The molecule has 0 atom stereocenters. The van der Waals surface area contributed by atoms with Crippen LogP contribution in [0.15, 0.2) is 51.4 Å². The van der Waals surface area contributed by atoms with Gasteiger partial charge in [-0.1, -0.05) is 15.9 Å². The van der Waals surface area contributed by atoms with Crippen LogP contribution in [-0.4, -0.2) is 24.7 Å². The Morgan fingerprint density at radius 2 is 1.92 bits per heavy atom. The van der Waals surface area contributed by atoms with Gasteiger partial charge in [-0.3, -0.25) is 9.59 Å². The lowest BCUT2D eigenvalue weighted by molar-refractivity contribution is -0.113. The zero-order valence-electron chi connectivity index (χ0n) is 13.1. The van der Waals surface area contributed by atoms with Gasteiger partial charge in [0, 0.05) is 15.4 Å². The maximum atomic E-state index is 12.9. The molecule has 128 valence electrons. The van der Waals surface area contributed by atoms with Gasteiger partial charge < -0.3 is 14.5 Å². The van der Waals surface area contributed by atoms with E-state index in [1.54, 1.807) is 49.6 Å². The second-order valence-electron chi connectivity index (χ2n) is 5.19. The lowest BCUT2D eigenvalue weighted by atomic mass is 10.1. The Kier molecular flexibility index (Phi) is 5.11. The molecule has 0 aliphatic carbocycles. The number of carbonyl (C=O) groups is 2. The van der Waals surface area contributed by atoms with Crippen molar-refractivity contribution in [1.29, 1.82) is 0 Å². The molecule has 1 heterocycles. The van der Waals surface area contributed by atoms with Crippen LogP contribution in [0, 0.1) is 0 Å². The molecule has 1 amide bonds. The lowest BCUT2D eigenvalue weighted by Gasteiger charge is -2.05. The molecule has 0 saturated heterocycles. The van der Waals surface area contributed by atoms with Gasteiger partial charge >= 0.3 is 0 Å². The number of alkyl halides is 1. The number of fused-ring (bicyclic) bond motifs is 1. The summed E-state index contributed by atoms with van der Waals surface area (Å²) in [5, 5.41) is 3.27. The highest BCUT2D eigenvalue weighted by Gasteiger charge is 2.23. The summed E-state index contributed by atoms with van der Waals surface area (Å²) in [5.74, 6) is -0.304. The number of hydrogen-bond donors (Lipinski definition) is 1.